The van der Waals surface area contributed by atoms with Gasteiger partial charge in [-0.15, -0.1) is 22.7 Å². The summed E-state index contributed by atoms with van der Waals surface area (Å²) in [7, 11) is 0. The normalized spacial score (nSPS) is 10.1. The molecule has 0 fully saturated rings. The molecular formula is C11H11N3O3S2. The number of thiophene rings is 1. The van der Waals surface area contributed by atoms with E-state index in [-0.39, 0.29) is 5.56 Å². The van der Waals surface area contributed by atoms with E-state index in [2.05, 4.69) is 15.6 Å². The Morgan fingerprint density at radius 1 is 1.32 bits per heavy atom. The minimum atomic E-state index is -1.06. The van der Waals surface area contributed by atoms with Gasteiger partial charge in [-0.25, -0.2) is 14.6 Å². The fourth-order valence-corrected chi connectivity index (χ4v) is 2.78. The number of aromatic nitrogens is 1. The summed E-state index contributed by atoms with van der Waals surface area (Å²) in [5, 5.41) is 18.8. The summed E-state index contributed by atoms with van der Waals surface area (Å²) in [5.74, 6) is -1.06. The Bertz CT molecular complexity index is 566. The molecule has 2 rings (SSSR count). The van der Waals surface area contributed by atoms with Gasteiger partial charge in [0.25, 0.3) is 0 Å². The quantitative estimate of drug-likeness (QED) is 0.789. The van der Waals surface area contributed by atoms with E-state index in [1.54, 1.807) is 11.6 Å². The van der Waals surface area contributed by atoms with Crippen molar-refractivity contribution in [2.45, 2.75) is 6.42 Å². The number of nitrogens with one attached hydrogen (secondary N) is 2. The molecule has 3 N–H and O–H groups in total. The van der Waals surface area contributed by atoms with Crippen LogP contribution in [0, 0.1) is 0 Å². The first-order chi connectivity index (χ1) is 9.16. The van der Waals surface area contributed by atoms with Gasteiger partial charge in [0.1, 0.15) is 5.00 Å². The van der Waals surface area contributed by atoms with Crippen LogP contribution in [0.3, 0.4) is 0 Å². The maximum Gasteiger partial charge on any atom is 0.338 e. The van der Waals surface area contributed by atoms with E-state index in [9.17, 15) is 9.59 Å². The lowest BCUT2D eigenvalue weighted by Crippen LogP contribution is -2.30. The fraction of sp³-hybridized carbons (Fsp3) is 0.182. The molecule has 0 spiro atoms. The fourth-order valence-electron chi connectivity index (χ4n) is 1.38. The van der Waals surface area contributed by atoms with Crippen LogP contribution in [0.15, 0.2) is 23.0 Å². The highest BCUT2D eigenvalue weighted by molar-refractivity contribution is 7.14. The molecule has 0 aliphatic heterocycles. The number of nitrogens with zero attached hydrogens (tertiary/aromatic N) is 1. The third-order valence-corrected chi connectivity index (χ3v) is 3.90. The van der Waals surface area contributed by atoms with Crippen LogP contribution in [0.4, 0.5) is 9.80 Å². The van der Waals surface area contributed by atoms with E-state index < -0.39 is 12.0 Å². The Kier molecular flexibility index (Phi) is 4.48. The number of anilines is 1. The molecule has 0 radical (unpaired) electrons. The summed E-state index contributed by atoms with van der Waals surface area (Å²) in [6.07, 6.45) is 2.37. The molecule has 0 atom stereocenters. The van der Waals surface area contributed by atoms with Crippen LogP contribution in [-0.2, 0) is 6.42 Å². The molecule has 0 aliphatic rings. The van der Waals surface area contributed by atoms with Gasteiger partial charge in [-0.1, -0.05) is 0 Å². The van der Waals surface area contributed by atoms with Gasteiger partial charge in [0.2, 0.25) is 0 Å². The highest BCUT2D eigenvalue weighted by Gasteiger charge is 2.13. The summed E-state index contributed by atoms with van der Waals surface area (Å²) >= 11 is 2.70. The van der Waals surface area contributed by atoms with Crippen molar-refractivity contribution in [3.63, 3.8) is 0 Å². The summed E-state index contributed by atoms with van der Waals surface area (Å²) in [5.41, 5.74) is 0.0973. The number of rotatable bonds is 5. The summed E-state index contributed by atoms with van der Waals surface area (Å²) < 4.78 is 0. The van der Waals surface area contributed by atoms with E-state index >= 15 is 0 Å². The van der Waals surface area contributed by atoms with E-state index in [0.29, 0.717) is 18.0 Å². The summed E-state index contributed by atoms with van der Waals surface area (Å²) in [4.78, 5) is 26.5. The lowest BCUT2D eigenvalue weighted by molar-refractivity contribution is 0.0698. The zero-order valence-electron chi connectivity index (χ0n) is 9.75. The molecule has 2 amide bonds. The van der Waals surface area contributed by atoms with Crippen molar-refractivity contribution < 1.29 is 14.7 Å². The highest BCUT2D eigenvalue weighted by atomic mass is 32.1. The molecule has 2 heterocycles. The molecule has 0 saturated heterocycles. The van der Waals surface area contributed by atoms with Gasteiger partial charge in [-0.2, -0.15) is 0 Å². The van der Waals surface area contributed by atoms with E-state index in [1.165, 1.54) is 28.7 Å². The Morgan fingerprint density at radius 3 is 2.84 bits per heavy atom. The van der Waals surface area contributed by atoms with Crippen LogP contribution >= 0.6 is 22.7 Å². The minimum Gasteiger partial charge on any atom is -0.478 e. The number of amides is 2. The zero-order chi connectivity index (χ0) is 13.7. The standard InChI is InChI=1S/C11H11N3O3S2/c15-10(16)7-2-5-19-9(7)14-11(17)13-3-1-8-12-4-6-18-8/h2,4-6H,1,3H2,(H,15,16)(H2,13,14,17). The number of carbonyl (C=O) groups is 2. The van der Waals surface area contributed by atoms with Crippen LogP contribution < -0.4 is 10.6 Å². The van der Waals surface area contributed by atoms with Gasteiger partial charge in [0, 0.05) is 24.5 Å². The lowest BCUT2D eigenvalue weighted by Gasteiger charge is -2.05. The largest absolute Gasteiger partial charge is 0.478 e. The topological polar surface area (TPSA) is 91.3 Å². The second kappa shape index (κ2) is 6.30. The van der Waals surface area contributed by atoms with Gasteiger partial charge in [-0.3, -0.25) is 5.32 Å². The molecule has 0 bridgehead atoms. The van der Waals surface area contributed by atoms with Crippen LogP contribution in [0.1, 0.15) is 15.4 Å². The molecule has 100 valence electrons. The summed E-state index contributed by atoms with van der Waals surface area (Å²) in [6, 6.07) is 1.04. The van der Waals surface area contributed by atoms with Crippen molar-refractivity contribution in [3.05, 3.63) is 33.6 Å². The highest BCUT2D eigenvalue weighted by Crippen LogP contribution is 2.22. The second-order valence-electron chi connectivity index (χ2n) is 3.53. The summed E-state index contributed by atoms with van der Waals surface area (Å²) in [6.45, 7) is 0.452. The first kappa shape index (κ1) is 13.5. The van der Waals surface area contributed by atoms with Crippen molar-refractivity contribution >= 4 is 39.7 Å². The van der Waals surface area contributed by atoms with Crippen LogP contribution in [-0.4, -0.2) is 28.6 Å². The van der Waals surface area contributed by atoms with Crippen molar-refractivity contribution in [1.82, 2.24) is 10.3 Å². The third kappa shape index (κ3) is 3.76. The van der Waals surface area contributed by atoms with Gasteiger partial charge in [0.05, 0.1) is 10.6 Å². The SMILES string of the molecule is O=C(NCCc1nccs1)Nc1sccc1C(=O)O. The molecule has 6 nitrogen and oxygen atoms in total. The zero-order valence-corrected chi connectivity index (χ0v) is 11.4. The maximum absolute atomic E-state index is 11.6. The number of carboxylic acid groups (broad SMARTS) is 1. The maximum atomic E-state index is 11.6. The molecule has 2 aromatic rings. The van der Waals surface area contributed by atoms with Crippen molar-refractivity contribution in [2.24, 2.45) is 0 Å². The van der Waals surface area contributed by atoms with Crippen LogP contribution in [0.2, 0.25) is 0 Å². The molecule has 0 aromatic carbocycles. The predicted octanol–water partition coefficient (Wildman–Crippen LogP) is 2.27. The Labute approximate surface area is 117 Å². The van der Waals surface area contributed by atoms with Gasteiger partial charge < -0.3 is 10.4 Å². The molecular weight excluding hydrogens is 286 g/mol. The number of urea groups is 1. The first-order valence-electron chi connectivity index (χ1n) is 5.41. The van der Waals surface area contributed by atoms with E-state index in [1.807, 2.05) is 5.38 Å². The van der Waals surface area contributed by atoms with E-state index in [4.69, 9.17) is 5.11 Å². The number of hydrogen-bond donors (Lipinski definition) is 3. The average Bonchev–Trinajstić information content (AvgIpc) is 2.99. The number of carboxylic acids is 1. The van der Waals surface area contributed by atoms with Gasteiger partial charge >= 0.3 is 12.0 Å². The molecule has 19 heavy (non-hydrogen) atoms. The first-order valence-corrected chi connectivity index (χ1v) is 7.17. The Morgan fingerprint density at radius 2 is 2.16 bits per heavy atom. The van der Waals surface area contributed by atoms with Gasteiger partial charge in [-0.05, 0) is 11.4 Å². The average molecular weight is 297 g/mol. The predicted molar refractivity (Wildman–Crippen MR) is 74.1 cm³/mol. The minimum absolute atomic E-state index is 0.0973. The number of carbonyl (C=O) groups excluding carboxylic acids is 1. The monoisotopic (exact) mass is 297 g/mol. The van der Waals surface area contributed by atoms with Crippen molar-refractivity contribution in [1.29, 1.82) is 0 Å². The van der Waals surface area contributed by atoms with Crippen molar-refractivity contribution in [2.75, 3.05) is 11.9 Å². The van der Waals surface area contributed by atoms with Crippen LogP contribution in [0.5, 0.6) is 0 Å². The molecule has 2 aromatic heterocycles. The van der Waals surface area contributed by atoms with Crippen molar-refractivity contribution in [3.8, 4) is 0 Å². The van der Waals surface area contributed by atoms with E-state index in [0.717, 1.165) is 5.01 Å². The number of thiazole rings is 1. The lowest BCUT2D eigenvalue weighted by atomic mass is 10.3. The Hall–Kier alpha value is -1.93. The Balaban J connectivity index is 1.81. The molecule has 0 unspecified atom stereocenters. The van der Waals surface area contributed by atoms with Crippen LogP contribution in [0.25, 0.3) is 0 Å². The molecule has 8 heteroatoms. The molecule has 0 aliphatic carbocycles. The molecule has 0 saturated carbocycles. The number of aromatic carboxylic acids is 1. The third-order valence-electron chi connectivity index (χ3n) is 2.23. The second-order valence-corrected chi connectivity index (χ2v) is 5.42. The smallest absolute Gasteiger partial charge is 0.338 e. The number of hydrogen-bond acceptors (Lipinski definition) is 5. The van der Waals surface area contributed by atoms with Gasteiger partial charge in [0.15, 0.2) is 0 Å².